The van der Waals surface area contributed by atoms with Crippen LogP contribution in [0.15, 0.2) is 40.1 Å². The summed E-state index contributed by atoms with van der Waals surface area (Å²) in [5, 5.41) is 23.3. The summed E-state index contributed by atoms with van der Waals surface area (Å²) in [7, 11) is 1.56. The highest BCUT2D eigenvalue weighted by Gasteiger charge is 2.15. The quantitative estimate of drug-likeness (QED) is 0.567. The number of aromatic nitrogens is 2. The Kier molecular flexibility index (Phi) is 3.71. The summed E-state index contributed by atoms with van der Waals surface area (Å²) in [6.07, 6.45) is 0. The van der Waals surface area contributed by atoms with Gasteiger partial charge in [-0.15, -0.1) is 16.4 Å². The molecule has 0 saturated carbocycles. The second-order valence-electron chi connectivity index (χ2n) is 4.16. The minimum atomic E-state index is -0.471. The van der Waals surface area contributed by atoms with Crippen molar-refractivity contribution in [1.29, 1.82) is 0 Å². The van der Waals surface area contributed by atoms with Gasteiger partial charge in [-0.3, -0.25) is 10.1 Å². The summed E-state index contributed by atoms with van der Waals surface area (Å²) < 4.78 is 10.7. The Balaban J connectivity index is 1.83. The second-order valence-corrected chi connectivity index (χ2v) is 5.08. The van der Waals surface area contributed by atoms with Crippen LogP contribution in [0.5, 0.6) is 5.75 Å². The van der Waals surface area contributed by atoms with E-state index in [1.807, 2.05) is 5.38 Å². The van der Waals surface area contributed by atoms with Crippen LogP contribution in [0.4, 0.5) is 17.4 Å². The average molecular weight is 318 g/mol. The molecule has 0 aliphatic rings. The van der Waals surface area contributed by atoms with E-state index < -0.39 is 4.92 Å². The zero-order valence-corrected chi connectivity index (χ0v) is 12.2. The summed E-state index contributed by atoms with van der Waals surface area (Å²) in [4.78, 5) is 11.0. The van der Waals surface area contributed by atoms with Crippen LogP contribution in [0, 0.1) is 10.1 Å². The molecular formula is C13H10N4O4S. The fraction of sp³-hybridized carbons (Fsp3) is 0.0769. The van der Waals surface area contributed by atoms with Crippen molar-refractivity contribution in [2.45, 2.75) is 0 Å². The van der Waals surface area contributed by atoms with E-state index in [9.17, 15) is 10.1 Å². The van der Waals surface area contributed by atoms with E-state index in [1.54, 1.807) is 25.3 Å². The molecule has 0 bridgehead atoms. The van der Waals surface area contributed by atoms with Gasteiger partial charge in [-0.1, -0.05) is 11.2 Å². The van der Waals surface area contributed by atoms with Crippen molar-refractivity contribution in [3.8, 4) is 16.5 Å². The molecule has 0 saturated heterocycles. The van der Waals surface area contributed by atoms with Crippen LogP contribution in [-0.2, 0) is 0 Å². The van der Waals surface area contributed by atoms with Crippen LogP contribution < -0.4 is 10.1 Å². The first kappa shape index (κ1) is 14.0. The molecule has 3 aromatic rings. The molecule has 8 nitrogen and oxygen atoms in total. The number of anilines is 2. The maximum atomic E-state index is 10.7. The van der Waals surface area contributed by atoms with Crippen LogP contribution >= 0.6 is 11.3 Å². The molecule has 2 heterocycles. The van der Waals surface area contributed by atoms with Crippen molar-refractivity contribution in [1.82, 2.24) is 10.2 Å². The summed E-state index contributed by atoms with van der Waals surface area (Å²) in [6.45, 7) is 0. The molecule has 22 heavy (non-hydrogen) atoms. The number of nitrogens with one attached hydrogen (secondary N) is 1. The number of rotatable bonds is 5. The molecule has 0 amide bonds. The Morgan fingerprint density at radius 2 is 2.23 bits per heavy atom. The number of methoxy groups -OCH3 is 1. The highest BCUT2D eigenvalue weighted by Crippen LogP contribution is 2.35. The largest absolute Gasteiger partial charge is 0.495 e. The maximum absolute atomic E-state index is 10.7. The minimum Gasteiger partial charge on any atom is -0.495 e. The highest BCUT2D eigenvalue weighted by molar-refractivity contribution is 7.13. The first-order valence-electron chi connectivity index (χ1n) is 6.14. The van der Waals surface area contributed by atoms with Crippen LogP contribution in [0.3, 0.4) is 0 Å². The smallest absolute Gasteiger partial charge is 0.320 e. The van der Waals surface area contributed by atoms with Gasteiger partial charge in [-0.25, -0.2) is 0 Å². The normalized spacial score (nSPS) is 10.4. The molecule has 0 unspecified atom stereocenters. The van der Waals surface area contributed by atoms with Gasteiger partial charge in [-0.05, 0) is 17.5 Å². The third-order valence-corrected chi connectivity index (χ3v) is 3.66. The predicted octanol–water partition coefficient (Wildman–Crippen LogP) is 3.46. The van der Waals surface area contributed by atoms with Gasteiger partial charge >= 0.3 is 6.01 Å². The van der Waals surface area contributed by atoms with Gasteiger partial charge in [0.2, 0.25) is 0 Å². The fourth-order valence-electron chi connectivity index (χ4n) is 1.80. The van der Waals surface area contributed by atoms with Crippen molar-refractivity contribution in [2.75, 3.05) is 12.4 Å². The highest BCUT2D eigenvalue weighted by atomic mass is 32.1. The summed E-state index contributed by atoms with van der Waals surface area (Å²) >= 11 is 1.41. The molecule has 1 N–H and O–H groups in total. The molecule has 0 radical (unpaired) electrons. The topological polar surface area (TPSA) is 103 Å². The first-order chi connectivity index (χ1) is 10.7. The fourth-order valence-corrected chi connectivity index (χ4v) is 2.58. The number of nitrogens with zero attached hydrogens (tertiary/aromatic N) is 3. The number of hydrogen-bond acceptors (Lipinski definition) is 8. The predicted molar refractivity (Wildman–Crippen MR) is 80.5 cm³/mol. The molecule has 0 aliphatic carbocycles. The monoisotopic (exact) mass is 318 g/mol. The molecule has 0 spiro atoms. The van der Waals surface area contributed by atoms with Crippen LogP contribution in [0.25, 0.3) is 10.8 Å². The van der Waals surface area contributed by atoms with Crippen LogP contribution in [0.2, 0.25) is 0 Å². The Bertz CT molecular complexity index is 814. The zero-order valence-electron chi connectivity index (χ0n) is 11.3. The Morgan fingerprint density at radius 1 is 1.36 bits per heavy atom. The lowest BCUT2D eigenvalue weighted by molar-refractivity contribution is -0.384. The van der Waals surface area contributed by atoms with Crippen molar-refractivity contribution < 1.29 is 14.1 Å². The lowest BCUT2D eigenvalue weighted by Gasteiger charge is -2.00. The standard InChI is InChI=1S/C13H10N4O4S/c1-20-10-5-6-22-11(10)12-15-16-13(21-12)14-8-3-2-4-9(7-8)17(18)19/h2-7H,1H3,(H,14,16). The summed E-state index contributed by atoms with van der Waals surface area (Å²) in [5.41, 5.74) is 0.465. The molecule has 0 fully saturated rings. The number of hydrogen-bond donors (Lipinski definition) is 1. The second kappa shape index (κ2) is 5.82. The van der Waals surface area contributed by atoms with Crippen molar-refractivity contribution in [3.05, 3.63) is 45.8 Å². The molecule has 3 rings (SSSR count). The van der Waals surface area contributed by atoms with E-state index in [0.29, 0.717) is 17.3 Å². The molecular weight excluding hydrogens is 308 g/mol. The lowest BCUT2D eigenvalue weighted by atomic mass is 10.3. The van der Waals surface area contributed by atoms with E-state index in [0.717, 1.165) is 4.88 Å². The van der Waals surface area contributed by atoms with Gasteiger partial charge in [0.05, 0.1) is 12.0 Å². The third kappa shape index (κ3) is 2.74. The Labute approximate surface area is 128 Å². The van der Waals surface area contributed by atoms with E-state index >= 15 is 0 Å². The molecule has 1 aromatic carbocycles. The first-order valence-corrected chi connectivity index (χ1v) is 7.02. The van der Waals surface area contributed by atoms with E-state index in [4.69, 9.17) is 9.15 Å². The number of non-ortho nitro benzene ring substituents is 1. The number of ether oxygens (including phenoxy) is 1. The van der Waals surface area contributed by atoms with Crippen molar-refractivity contribution in [2.24, 2.45) is 0 Å². The number of nitro benzene ring substituents is 1. The Hall–Kier alpha value is -2.94. The van der Waals surface area contributed by atoms with Crippen LogP contribution in [-0.4, -0.2) is 22.2 Å². The van der Waals surface area contributed by atoms with Gasteiger partial charge in [-0.2, -0.15) is 0 Å². The third-order valence-electron chi connectivity index (χ3n) is 2.78. The van der Waals surface area contributed by atoms with Crippen LogP contribution in [0.1, 0.15) is 0 Å². The van der Waals surface area contributed by atoms with Gasteiger partial charge in [0.1, 0.15) is 10.6 Å². The van der Waals surface area contributed by atoms with Crippen molar-refractivity contribution >= 4 is 28.7 Å². The molecule has 112 valence electrons. The van der Waals surface area contributed by atoms with E-state index in [-0.39, 0.29) is 11.7 Å². The minimum absolute atomic E-state index is 0.0235. The molecule has 2 aromatic heterocycles. The SMILES string of the molecule is COc1ccsc1-c1nnc(Nc2cccc([N+](=O)[O-])c2)o1. The van der Waals surface area contributed by atoms with Gasteiger partial charge in [0, 0.05) is 17.8 Å². The molecule has 0 atom stereocenters. The van der Waals surface area contributed by atoms with E-state index in [2.05, 4.69) is 15.5 Å². The average Bonchev–Trinajstić information content (AvgIpc) is 3.15. The van der Waals surface area contributed by atoms with E-state index in [1.165, 1.54) is 23.5 Å². The summed E-state index contributed by atoms with van der Waals surface area (Å²) in [6, 6.07) is 7.97. The number of nitro groups is 1. The number of thiophene rings is 1. The maximum Gasteiger partial charge on any atom is 0.320 e. The lowest BCUT2D eigenvalue weighted by Crippen LogP contribution is -1.93. The van der Waals surface area contributed by atoms with Crippen molar-refractivity contribution in [3.63, 3.8) is 0 Å². The molecule has 0 aliphatic heterocycles. The zero-order chi connectivity index (χ0) is 15.5. The number of benzene rings is 1. The van der Waals surface area contributed by atoms with Gasteiger partial charge in [0.15, 0.2) is 0 Å². The molecule has 9 heteroatoms. The van der Waals surface area contributed by atoms with Gasteiger partial charge < -0.3 is 14.5 Å². The van der Waals surface area contributed by atoms with Gasteiger partial charge in [0.25, 0.3) is 11.6 Å². The Morgan fingerprint density at radius 3 is 3.00 bits per heavy atom. The summed E-state index contributed by atoms with van der Waals surface area (Å²) in [5.74, 6) is 0.968.